The molecule has 6 nitrogen and oxygen atoms in total. The van der Waals surface area contributed by atoms with E-state index >= 15 is 0 Å². The fourth-order valence-corrected chi connectivity index (χ4v) is 2.66. The summed E-state index contributed by atoms with van der Waals surface area (Å²) in [4.78, 5) is 13.1. The second-order valence-electron chi connectivity index (χ2n) is 5.22. The average molecular weight is 281 g/mol. The highest BCUT2D eigenvalue weighted by Gasteiger charge is 2.21. The van der Waals surface area contributed by atoms with E-state index in [0.717, 1.165) is 29.6 Å². The standard InChI is InChI=1S/C15H15N5O/c1-2-6-16-12(3-1)15-19-14(20-21-15)10-4-5-11-13(9-10)18-8-7-17-11/h4-5,7-9,12,16H,1-3,6H2. The van der Waals surface area contributed by atoms with E-state index in [-0.39, 0.29) is 6.04 Å². The second-order valence-corrected chi connectivity index (χ2v) is 5.22. The molecule has 0 radical (unpaired) electrons. The van der Waals surface area contributed by atoms with Gasteiger partial charge in [-0.15, -0.1) is 0 Å². The van der Waals surface area contributed by atoms with Crippen LogP contribution in [0.2, 0.25) is 0 Å². The maximum atomic E-state index is 5.41. The summed E-state index contributed by atoms with van der Waals surface area (Å²) in [6, 6.07) is 5.98. The molecule has 1 atom stereocenters. The monoisotopic (exact) mass is 281 g/mol. The quantitative estimate of drug-likeness (QED) is 0.777. The topological polar surface area (TPSA) is 76.7 Å². The van der Waals surface area contributed by atoms with E-state index in [0.29, 0.717) is 11.7 Å². The fourth-order valence-electron chi connectivity index (χ4n) is 2.66. The summed E-state index contributed by atoms with van der Waals surface area (Å²) in [5.74, 6) is 1.27. The number of rotatable bonds is 2. The SMILES string of the molecule is c1cnc2cc(-c3noc(C4CCCCN4)n3)ccc2n1. The first-order chi connectivity index (χ1) is 10.4. The van der Waals surface area contributed by atoms with Crippen molar-refractivity contribution < 1.29 is 4.52 Å². The third-order valence-electron chi connectivity index (χ3n) is 3.78. The van der Waals surface area contributed by atoms with E-state index in [1.807, 2.05) is 18.2 Å². The smallest absolute Gasteiger partial charge is 0.244 e. The van der Waals surface area contributed by atoms with Gasteiger partial charge in [0.05, 0.1) is 17.1 Å². The maximum Gasteiger partial charge on any atom is 0.244 e. The van der Waals surface area contributed by atoms with Crippen LogP contribution < -0.4 is 5.32 Å². The van der Waals surface area contributed by atoms with E-state index in [4.69, 9.17) is 4.52 Å². The van der Waals surface area contributed by atoms with Crippen LogP contribution >= 0.6 is 0 Å². The molecule has 21 heavy (non-hydrogen) atoms. The molecule has 0 aliphatic carbocycles. The summed E-state index contributed by atoms with van der Waals surface area (Å²) >= 11 is 0. The molecule has 3 aromatic rings. The number of piperidine rings is 1. The van der Waals surface area contributed by atoms with E-state index in [9.17, 15) is 0 Å². The van der Waals surface area contributed by atoms with Gasteiger partial charge in [-0.3, -0.25) is 9.97 Å². The van der Waals surface area contributed by atoms with Gasteiger partial charge in [0.25, 0.3) is 0 Å². The van der Waals surface area contributed by atoms with Gasteiger partial charge in [-0.25, -0.2) is 0 Å². The maximum absolute atomic E-state index is 5.41. The number of hydrogen-bond donors (Lipinski definition) is 1. The zero-order chi connectivity index (χ0) is 14.1. The van der Waals surface area contributed by atoms with Crippen LogP contribution in [0.25, 0.3) is 22.4 Å². The van der Waals surface area contributed by atoms with E-state index in [1.54, 1.807) is 12.4 Å². The van der Waals surface area contributed by atoms with Crippen LogP contribution in [0.5, 0.6) is 0 Å². The van der Waals surface area contributed by atoms with Gasteiger partial charge in [-0.2, -0.15) is 4.98 Å². The highest BCUT2D eigenvalue weighted by molar-refractivity contribution is 5.79. The molecule has 3 heterocycles. The number of fused-ring (bicyclic) bond motifs is 1. The van der Waals surface area contributed by atoms with Crippen LogP contribution in [-0.2, 0) is 0 Å². The predicted molar refractivity (Wildman–Crippen MR) is 77.4 cm³/mol. The molecule has 1 unspecified atom stereocenters. The predicted octanol–water partition coefficient (Wildman–Crippen LogP) is 2.49. The third kappa shape index (κ3) is 2.38. The normalized spacial score (nSPS) is 19.0. The summed E-state index contributed by atoms with van der Waals surface area (Å²) in [5, 5.41) is 7.51. The molecule has 106 valence electrons. The zero-order valence-electron chi connectivity index (χ0n) is 11.5. The van der Waals surface area contributed by atoms with Crippen molar-refractivity contribution in [2.24, 2.45) is 0 Å². The molecule has 2 aromatic heterocycles. The molecule has 4 rings (SSSR count). The lowest BCUT2D eigenvalue weighted by Gasteiger charge is -2.19. The molecule has 0 amide bonds. The first-order valence-electron chi connectivity index (χ1n) is 7.18. The van der Waals surface area contributed by atoms with Crippen LogP contribution in [0.1, 0.15) is 31.2 Å². The Bertz CT molecular complexity index is 763. The molecule has 1 saturated heterocycles. The number of benzene rings is 1. The highest BCUT2D eigenvalue weighted by atomic mass is 16.5. The van der Waals surface area contributed by atoms with Gasteiger partial charge in [0.15, 0.2) is 0 Å². The summed E-state index contributed by atoms with van der Waals surface area (Å²) in [7, 11) is 0. The summed E-state index contributed by atoms with van der Waals surface area (Å²) in [6.07, 6.45) is 6.82. The number of hydrogen-bond acceptors (Lipinski definition) is 6. The van der Waals surface area contributed by atoms with Crippen molar-refractivity contribution >= 4 is 11.0 Å². The fraction of sp³-hybridized carbons (Fsp3) is 0.333. The van der Waals surface area contributed by atoms with E-state index < -0.39 is 0 Å². The Labute approximate surface area is 121 Å². The Kier molecular flexibility index (Phi) is 3.08. The Hall–Kier alpha value is -2.34. The number of nitrogens with zero attached hydrogens (tertiary/aromatic N) is 4. The molecule has 0 saturated carbocycles. The van der Waals surface area contributed by atoms with Gasteiger partial charge in [0.2, 0.25) is 11.7 Å². The van der Waals surface area contributed by atoms with Crippen molar-refractivity contribution in [3.05, 3.63) is 36.5 Å². The molecule has 1 N–H and O–H groups in total. The molecular weight excluding hydrogens is 266 g/mol. The summed E-state index contributed by atoms with van der Waals surface area (Å²) in [5.41, 5.74) is 2.59. The average Bonchev–Trinajstić information content (AvgIpc) is 3.05. The Morgan fingerprint density at radius 2 is 2.00 bits per heavy atom. The van der Waals surface area contributed by atoms with Crippen molar-refractivity contribution in [1.29, 1.82) is 0 Å². The molecule has 1 aliphatic heterocycles. The number of nitrogens with one attached hydrogen (secondary N) is 1. The van der Waals surface area contributed by atoms with E-state index in [1.165, 1.54) is 12.8 Å². The van der Waals surface area contributed by atoms with Gasteiger partial charge in [-0.1, -0.05) is 11.6 Å². The largest absolute Gasteiger partial charge is 0.337 e. The van der Waals surface area contributed by atoms with Crippen LogP contribution in [0, 0.1) is 0 Å². The van der Waals surface area contributed by atoms with Crippen molar-refractivity contribution in [1.82, 2.24) is 25.4 Å². The summed E-state index contributed by atoms with van der Waals surface area (Å²) < 4.78 is 5.41. The molecule has 1 fully saturated rings. The van der Waals surface area contributed by atoms with Crippen molar-refractivity contribution in [2.75, 3.05) is 6.54 Å². The Balaban J connectivity index is 1.67. The van der Waals surface area contributed by atoms with Crippen molar-refractivity contribution in [3.8, 4) is 11.4 Å². The van der Waals surface area contributed by atoms with Gasteiger partial charge in [0.1, 0.15) is 0 Å². The molecule has 6 heteroatoms. The minimum Gasteiger partial charge on any atom is -0.337 e. The van der Waals surface area contributed by atoms with E-state index in [2.05, 4.69) is 25.4 Å². The molecule has 0 bridgehead atoms. The lowest BCUT2D eigenvalue weighted by Crippen LogP contribution is -2.26. The van der Waals surface area contributed by atoms with Crippen LogP contribution in [0.15, 0.2) is 35.1 Å². The first-order valence-corrected chi connectivity index (χ1v) is 7.18. The first kappa shape index (κ1) is 12.4. The van der Waals surface area contributed by atoms with Crippen molar-refractivity contribution in [3.63, 3.8) is 0 Å². The molecule has 1 aliphatic rings. The van der Waals surface area contributed by atoms with Gasteiger partial charge in [-0.05, 0) is 37.6 Å². The van der Waals surface area contributed by atoms with Gasteiger partial charge >= 0.3 is 0 Å². The highest BCUT2D eigenvalue weighted by Crippen LogP contribution is 2.25. The number of aromatic nitrogens is 4. The lowest BCUT2D eigenvalue weighted by atomic mass is 10.1. The van der Waals surface area contributed by atoms with Gasteiger partial charge in [0, 0.05) is 18.0 Å². The lowest BCUT2D eigenvalue weighted by molar-refractivity contribution is 0.297. The van der Waals surface area contributed by atoms with Gasteiger partial charge < -0.3 is 9.84 Å². The Morgan fingerprint density at radius 3 is 2.86 bits per heavy atom. The molecule has 1 aromatic carbocycles. The summed E-state index contributed by atoms with van der Waals surface area (Å²) in [6.45, 7) is 1.01. The molecular formula is C15H15N5O. The minimum atomic E-state index is 0.181. The molecule has 0 spiro atoms. The third-order valence-corrected chi connectivity index (χ3v) is 3.78. The van der Waals surface area contributed by atoms with Crippen molar-refractivity contribution in [2.45, 2.75) is 25.3 Å². The minimum absolute atomic E-state index is 0.181. The zero-order valence-corrected chi connectivity index (χ0v) is 11.5. The van der Waals surface area contributed by atoms with Crippen LogP contribution in [0.4, 0.5) is 0 Å². The second kappa shape index (κ2) is 5.21. The Morgan fingerprint density at radius 1 is 1.10 bits per heavy atom. The van der Waals surface area contributed by atoms with Crippen LogP contribution in [0.3, 0.4) is 0 Å². The van der Waals surface area contributed by atoms with Crippen LogP contribution in [-0.4, -0.2) is 26.7 Å².